The smallest absolute Gasteiger partial charge is 0.335 e. The number of fused-ring (bicyclic) bond motifs is 1. The average Bonchev–Trinajstić information content (AvgIpc) is 3.35. The SMILES string of the molecule is Cc1cc(/C=C2\C(=O)NC(=O)N(c3ccc4c(c3)OCO4)C2=O)c(C)n1-c1ccc(Br)cc1F. The molecular formula is C24H17BrFN3O5. The zero-order valence-electron chi connectivity index (χ0n) is 18.0. The van der Waals surface area contributed by atoms with E-state index in [-0.39, 0.29) is 18.1 Å². The van der Waals surface area contributed by atoms with Crippen molar-refractivity contribution in [1.82, 2.24) is 9.88 Å². The summed E-state index contributed by atoms with van der Waals surface area (Å²) in [4.78, 5) is 39.2. The number of carbonyl (C=O) groups is 3. The standard InChI is InChI=1S/C24H17BrFN3O5/c1-12-7-14(13(2)28(12)19-5-3-15(25)9-18(19)26)8-17-22(30)27-24(32)29(23(17)31)16-4-6-20-21(10-16)34-11-33-20/h3-10H,11H2,1-2H3,(H,27,30,32)/b17-8+. The number of benzene rings is 2. The van der Waals surface area contributed by atoms with Crippen molar-refractivity contribution in [3.8, 4) is 17.2 Å². The Kier molecular flexibility index (Phi) is 5.24. The molecule has 172 valence electrons. The fourth-order valence-electron chi connectivity index (χ4n) is 4.04. The van der Waals surface area contributed by atoms with Gasteiger partial charge >= 0.3 is 6.03 Å². The fourth-order valence-corrected chi connectivity index (χ4v) is 4.37. The lowest BCUT2D eigenvalue weighted by molar-refractivity contribution is -0.122. The van der Waals surface area contributed by atoms with Gasteiger partial charge in [0.05, 0.1) is 11.4 Å². The molecule has 1 fully saturated rings. The van der Waals surface area contributed by atoms with E-state index in [2.05, 4.69) is 21.2 Å². The predicted molar refractivity (Wildman–Crippen MR) is 124 cm³/mol. The Hall–Kier alpha value is -3.92. The molecule has 0 unspecified atom stereocenters. The molecule has 0 spiro atoms. The van der Waals surface area contributed by atoms with E-state index in [0.717, 1.165) is 4.90 Å². The van der Waals surface area contributed by atoms with Crippen molar-refractivity contribution in [3.63, 3.8) is 0 Å². The zero-order chi connectivity index (χ0) is 24.1. The molecule has 0 atom stereocenters. The van der Waals surface area contributed by atoms with Crippen molar-refractivity contribution >= 4 is 45.5 Å². The van der Waals surface area contributed by atoms with E-state index in [1.165, 1.54) is 24.3 Å². The maximum absolute atomic E-state index is 14.6. The highest BCUT2D eigenvalue weighted by Gasteiger charge is 2.37. The Balaban J connectivity index is 1.55. The highest BCUT2D eigenvalue weighted by atomic mass is 79.9. The van der Waals surface area contributed by atoms with Crippen molar-refractivity contribution in [2.75, 3.05) is 11.7 Å². The Morgan fingerprint density at radius 3 is 2.56 bits per heavy atom. The van der Waals surface area contributed by atoms with Crippen molar-refractivity contribution in [1.29, 1.82) is 0 Å². The van der Waals surface area contributed by atoms with Crippen LogP contribution in [0, 0.1) is 19.7 Å². The molecule has 3 heterocycles. The third-order valence-corrected chi connectivity index (χ3v) is 6.13. The molecule has 5 rings (SSSR count). The Bertz CT molecular complexity index is 1430. The summed E-state index contributed by atoms with van der Waals surface area (Å²) in [5.41, 5.74) is 2.20. The Labute approximate surface area is 201 Å². The maximum atomic E-state index is 14.6. The number of halogens is 2. The number of carbonyl (C=O) groups excluding carboxylic acids is 3. The third-order valence-electron chi connectivity index (χ3n) is 5.64. The largest absolute Gasteiger partial charge is 0.454 e. The normalized spacial score (nSPS) is 16.4. The molecule has 10 heteroatoms. The number of nitrogens with one attached hydrogen (secondary N) is 1. The van der Waals surface area contributed by atoms with E-state index in [1.807, 2.05) is 0 Å². The minimum Gasteiger partial charge on any atom is -0.454 e. The van der Waals surface area contributed by atoms with Crippen LogP contribution in [0.1, 0.15) is 17.0 Å². The molecule has 0 bridgehead atoms. The summed E-state index contributed by atoms with van der Waals surface area (Å²) in [6, 6.07) is 10.2. The van der Waals surface area contributed by atoms with E-state index in [1.54, 1.807) is 42.7 Å². The number of hydrogen-bond donors (Lipinski definition) is 1. The summed E-state index contributed by atoms with van der Waals surface area (Å²) in [6.07, 6.45) is 1.40. The number of urea groups is 1. The zero-order valence-corrected chi connectivity index (χ0v) is 19.6. The number of ether oxygens (including phenoxy) is 2. The van der Waals surface area contributed by atoms with Crippen molar-refractivity contribution in [3.05, 3.63) is 75.3 Å². The lowest BCUT2D eigenvalue weighted by atomic mass is 10.1. The van der Waals surface area contributed by atoms with Gasteiger partial charge in [-0.15, -0.1) is 0 Å². The second-order valence-corrected chi connectivity index (χ2v) is 8.67. The van der Waals surface area contributed by atoms with Gasteiger partial charge in [0.1, 0.15) is 11.4 Å². The summed E-state index contributed by atoms with van der Waals surface area (Å²) < 4.78 is 27.5. The summed E-state index contributed by atoms with van der Waals surface area (Å²) >= 11 is 3.25. The second-order valence-electron chi connectivity index (χ2n) is 7.75. The van der Waals surface area contributed by atoms with Crippen LogP contribution < -0.4 is 19.7 Å². The maximum Gasteiger partial charge on any atom is 0.335 e. The van der Waals surface area contributed by atoms with Gasteiger partial charge in [-0.2, -0.15) is 0 Å². The number of aryl methyl sites for hydroxylation is 1. The lowest BCUT2D eigenvalue weighted by Crippen LogP contribution is -2.54. The summed E-state index contributed by atoms with van der Waals surface area (Å²) in [6.45, 7) is 3.59. The lowest BCUT2D eigenvalue weighted by Gasteiger charge is -2.26. The first-order chi connectivity index (χ1) is 16.2. The van der Waals surface area contributed by atoms with Crippen LogP contribution in [0.3, 0.4) is 0 Å². The molecule has 2 aliphatic rings. The fraction of sp³-hybridized carbons (Fsp3) is 0.125. The van der Waals surface area contributed by atoms with Crippen molar-refractivity contribution < 1.29 is 28.2 Å². The number of anilines is 1. The quantitative estimate of drug-likeness (QED) is 0.404. The highest BCUT2D eigenvalue weighted by Crippen LogP contribution is 2.36. The van der Waals surface area contributed by atoms with Gasteiger partial charge in [0.15, 0.2) is 11.5 Å². The molecular weight excluding hydrogens is 509 g/mol. The molecule has 2 aromatic carbocycles. The van der Waals surface area contributed by atoms with Crippen LogP contribution in [0.5, 0.6) is 11.5 Å². The molecule has 1 saturated heterocycles. The summed E-state index contributed by atoms with van der Waals surface area (Å²) in [7, 11) is 0. The van der Waals surface area contributed by atoms with Gasteiger partial charge < -0.3 is 14.0 Å². The molecule has 8 nitrogen and oxygen atoms in total. The van der Waals surface area contributed by atoms with Crippen molar-refractivity contribution in [2.24, 2.45) is 0 Å². The molecule has 1 N–H and O–H groups in total. The number of amides is 4. The highest BCUT2D eigenvalue weighted by molar-refractivity contribution is 9.10. The van der Waals surface area contributed by atoms with E-state index < -0.39 is 23.7 Å². The first-order valence-corrected chi connectivity index (χ1v) is 11.0. The molecule has 0 radical (unpaired) electrons. The predicted octanol–water partition coefficient (Wildman–Crippen LogP) is 4.39. The molecule has 3 aromatic rings. The summed E-state index contributed by atoms with van der Waals surface area (Å²) in [5, 5.41) is 2.20. The Morgan fingerprint density at radius 1 is 1.03 bits per heavy atom. The van der Waals surface area contributed by atoms with Crippen LogP contribution >= 0.6 is 15.9 Å². The number of rotatable bonds is 3. The topological polar surface area (TPSA) is 89.9 Å². The van der Waals surface area contributed by atoms with Crippen LogP contribution in [-0.2, 0) is 9.59 Å². The summed E-state index contributed by atoms with van der Waals surface area (Å²) in [5.74, 6) is -1.14. The number of hydrogen-bond acceptors (Lipinski definition) is 5. The second kappa shape index (κ2) is 8.14. The van der Waals surface area contributed by atoms with E-state index in [9.17, 15) is 18.8 Å². The monoisotopic (exact) mass is 525 g/mol. The minimum atomic E-state index is -0.867. The van der Waals surface area contributed by atoms with E-state index in [4.69, 9.17) is 9.47 Å². The van der Waals surface area contributed by atoms with Gasteiger partial charge in [0.25, 0.3) is 11.8 Å². The number of barbiturate groups is 1. The minimum absolute atomic E-state index is 0.0388. The van der Waals surface area contributed by atoms with Crippen LogP contribution in [0.4, 0.5) is 14.9 Å². The van der Waals surface area contributed by atoms with Gasteiger partial charge in [-0.05, 0) is 61.9 Å². The third kappa shape index (κ3) is 3.56. The molecule has 1 aromatic heterocycles. The van der Waals surface area contributed by atoms with Gasteiger partial charge in [0.2, 0.25) is 6.79 Å². The number of aromatic nitrogens is 1. The molecule has 34 heavy (non-hydrogen) atoms. The van der Waals surface area contributed by atoms with Gasteiger partial charge in [0, 0.05) is 21.9 Å². The molecule has 4 amide bonds. The first-order valence-electron chi connectivity index (χ1n) is 10.2. The number of imide groups is 2. The van der Waals surface area contributed by atoms with Crippen LogP contribution in [0.25, 0.3) is 11.8 Å². The van der Waals surface area contributed by atoms with Gasteiger partial charge in [-0.25, -0.2) is 14.1 Å². The average molecular weight is 526 g/mol. The van der Waals surface area contributed by atoms with Gasteiger partial charge in [-0.1, -0.05) is 15.9 Å². The molecule has 2 aliphatic heterocycles. The first kappa shape index (κ1) is 21.9. The van der Waals surface area contributed by atoms with Crippen LogP contribution in [0.2, 0.25) is 0 Å². The van der Waals surface area contributed by atoms with E-state index >= 15 is 0 Å². The molecule has 0 saturated carbocycles. The van der Waals surface area contributed by atoms with Crippen LogP contribution in [0.15, 0.2) is 52.5 Å². The van der Waals surface area contributed by atoms with E-state index in [0.29, 0.717) is 38.6 Å². The Morgan fingerprint density at radius 2 is 1.79 bits per heavy atom. The van der Waals surface area contributed by atoms with Crippen molar-refractivity contribution in [2.45, 2.75) is 13.8 Å². The van der Waals surface area contributed by atoms with Crippen LogP contribution in [-0.4, -0.2) is 29.2 Å². The van der Waals surface area contributed by atoms with Gasteiger partial charge in [-0.3, -0.25) is 14.9 Å². The molecule has 0 aliphatic carbocycles. The number of nitrogens with zero attached hydrogens (tertiary/aromatic N) is 2.